The number of alkyl halides is 3. The Morgan fingerprint density at radius 1 is 0.947 bits per heavy atom. The summed E-state index contributed by atoms with van der Waals surface area (Å²) in [6, 6.07) is 11.4. The molecule has 0 unspecified atom stereocenters. The SMILES string of the molecule is N#Cc1cc(-c2ccc(C(F)(F)F)cc2)ccc1Cl. The van der Waals surface area contributed by atoms with E-state index in [4.69, 9.17) is 16.9 Å². The van der Waals surface area contributed by atoms with Crippen LogP contribution in [0.15, 0.2) is 42.5 Å². The molecule has 2 aromatic rings. The van der Waals surface area contributed by atoms with Crippen molar-refractivity contribution in [3.63, 3.8) is 0 Å². The first-order chi connectivity index (χ1) is 8.91. The Hall–Kier alpha value is -1.99. The van der Waals surface area contributed by atoms with E-state index in [0.29, 0.717) is 21.7 Å². The number of rotatable bonds is 1. The standard InChI is InChI=1S/C14H7ClF3N/c15-13-6-3-10(7-11(13)8-19)9-1-4-12(5-2-9)14(16,17)18/h1-7H. The molecule has 0 radical (unpaired) electrons. The van der Waals surface area contributed by atoms with Crippen molar-refractivity contribution in [3.05, 3.63) is 58.6 Å². The fourth-order valence-electron chi connectivity index (χ4n) is 1.64. The molecule has 0 aliphatic heterocycles. The van der Waals surface area contributed by atoms with Crippen LogP contribution in [0.3, 0.4) is 0 Å². The molecule has 0 N–H and O–H groups in total. The Balaban J connectivity index is 2.41. The van der Waals surface area contributed by atoms with Crippen LogP contribution >= 0.6 is 11.6 Å². The summed E-state index contributed by atoms with van der Waals surface area (Å²) in [5.74, 6) is 0. The van der Waals surface area contributed by atoms with Gasteiger partial charge in [0.05, 0.1) is 16.1 Å². The summed E-state index contributed by atoms with van der Waals surface area (Å²) >= 11 is 5.80. The van der Waals surface area contributed by atoms with Crippen molar-refractivity contribution in [2.75, 3.05) is 0 Å². The summed E-state index contributed by atoms with van der Waals surface area (Å²) in [4.78, 5) is 0. The monoisotopic (exact) mass is 281 g/mol. The molecule has 5 heteroatoms. The molecule has 1 nitrogen and oxygen atoms in total. The van der Waals surface area contributed by atoms with Crippen LogP contribution in [-0.4, -0.2) is 0 Å². The number of hydrogen-bond donors (Lipinski definition) is 0. The van der Waals surface area contributed by atoms with Gasteiger partial charge in [-0.05, 0) is 35.4 Å². The Bertz CT molecular complexity index is 639. The lowest BCUT2D eigenvalue weighted by atomic mass is 10.0. The first-order valence-corrected chi connectivity index (χ1v) is 5.67. The van der Waals surface area contributed by atoms with Crippen LogP contribution in [0.2, 0.25) is 5.02 Å². The van der Waals surface area contributed by atoms with Gasteiger partial charge in [-0.3, -0.25) is 0 Å². The predicted molar refractivity (Wildman–Crippen MR) is 66.6 cm³/mol. The van der Waals surface area contributed by atoms with E-state index in [1.54, 1.807) is 18.2 Å². The number of hydrogen-bond acceptors (Lipinski definition) is 1. The average Bonchev–Trinajstić information content (AvgIpc) is 2.38. The third kappa shape index (κ3) is 2.88. The highest BCUT2D eigenvalue weighted by molar-refractivity contribution is 6.31. The largest absolute Gasteiger partial charge is 0.416 e. The average molecular weight is 282 g/mol. The summed E-state index contributed by atoms with van der Waals surface area (Å²) < 4.78 is 37.3. The first-order valence-electron chi connectivity index (χ1n) is 5.29. The van der Waals surface area contributed by atoms with Crippen LogP contribution in [0.4, 0.5) is 13.2 Å². The second kappa shape index (κ2) is 4.94. The number of nitrogens with zero attached hydrogens (tertiary/aromatic N) is 1. The van der Waals surface area contributed by atoms with Crippen molar-refractivity contribution >= 4 is 11.6 Å². The molecule has 0 aliphatic rings. The molecule has 0 aliphatic carbocycles. The fourth-order valence-corrected chi connectivity index (χ4v) is 1.80. The van der Waals surface area contributed by atoms with E-state index in [1.807, 2.05) is 6.07 Å². The van der Waals surface area contributed by atoms with Gasteiger partial charge in [0.15, 0.2) is 0 Å². The third-order valence-corrected chi connectivity index (χ3v) is 2.96. The van der Waals surface area contributed by atoms with Crippen LogP contribution < -0.4 is 0 Å². The van der Waals surface area contributed by atoms with Crippen molar-refractivity contribution in [2.45, 2.75) is 6.18 Å². The van der Waals surface area contributed by atoms with Gasteiger partial charge in [-0.15, -0.1) is 0 Å². The second-order valence-corrected chi connectivity index (χ2v) is 4.29. The maximum Gasteiger partial charge on any atom is 0.416 e. The summed E-state index contributed by atoms with van der Waals surface area (Å²) in [5, 5.41) is 9.18. The Kier molecular flexibility index (Phi) is 3.50. The minimum Gasteiger partial charge on any atom is -0.192 e. The molecule has 0 atom stereocenters. The molecular formula is C14H7ClF3N. The van der Waals surface area contributed by atoms with E-state index >= 15 is 0 Å². The molecule has 19 heavy (non-hydrogen) atoms. The highest BCUT2D eigenvalue weighted by atomic mass is 35.5. The molecule has 0 saturated carbocycles. The second-order valence-electron chi connectivity index (χ2n) is 3.88. The topological polar surface area (TPSA) is 23.8 Å². The van der Waals surface area contributed by atoms with Crippen LogP contribution in [0.5, 0.6) is 0 Å². The van der Waals surface area contributed by atoms with Crippen molar-refractivity contribution in [1.29, 1.82) is 5.26 Å². The molecule has 2 rings (SSSR count). The quantitative estimate of drug-likeness (QED) is 0.729. The van der Waals surface area contributed by atoms with Gasteiger partial charge in [0, 0.05) is 0 Å². The number of benzene rings is 2. The number of nitriles is 1. The Morgan fingerprint density at radius 2 is 1.53 bits per heavy atom. The molecule has 96 valence electrons. The van der Waals surface area contributed by atoms with Crippen molar-refractivity contribution in [2.24, 2.45) is 0 Å². The highest BCUT2D eigenvalue weighted by Crippen LogP contribution is 2.31. The zero-order valence-corrected chi connectivity index (χ0v) is 10.3. The van der Waals surface area contributed by atoms with Gasteiger partial charge in [0.2, 0.25) is 0 Å². The molecule has 0 spiro atoms. The van der Waals surface area contributed by atoms with Crippen molar-refractivity contribution < 1.29 is 13.2 Å². The minimum absolute atomic E-state index is 0.291. The lowest BCUT2D eigenvalue weighted by molar-refractivity contribution is -0.137. The van der Waals surface area contributed by atoms with Gasteiger partial charge < -0.3 is 0 Å². The molecule has 0 heterocycles. The molecule has 0 fully saturated rings. The first kappa shape index (κ1) is 13.4. The fraction of sp³-hybridized carbons (Fsp3) is 0.0714. The van der Waals surface area contributed by atoms with Gasteiger partial charge >= 0.3 is 6.18 Å². The van der Waals surface area contributed by atoms with Crippen LogP contribution in [0, 0.1) is 11.3 Å². The lowest BCUT2D eigenvalue weighted by Gasteiger charge is -2.08. The van der Waals surface area contributed by atoms with E-state index < -0.39 is 11.7 Å². The molecular weight excluding hydrogens is 275 g/mol. The third-order valence-electron chi connectivity index (χ3n) is 2.63. The van der Waals surface area contributed by atoms with Gasteiger partial charge in [0.25, 0.3) is 0 Å². The molecule has 0 saturated heterocycles. The van der Waals surface area contributed by atoms with E-state index in [2.05, 4.69) is 0 Å². The minimum atomic E-state index is -4.35. The van der Waals surface area contributed by atoms with E-state index in [9.17, 15) is 13.2 Å². The summed E-state index contributed by atoms with van der Waals surface area (Å²) in [6.45, 7) is 0. The van der Waals surface area contributed by atoms with Gasteiger partial charge in [-0.2, -0.15) is 18.4 Å². The highest BCUT2D eigenvalue weighted by Gasteiger charge is 2.29. The zero-order valence-electron chi connectivity index (χ0n) is 9.50. The zero-order chi connectivity index (χ0) is 14.0. The summed E-state index contributed by atoms with van der Waals surface area (Å²) in [5.41, 5.74) is 0.834. The smallest absolute Gasteiger partial charge is 0.192 e. The number of halogens is 4. The van der Waals surface area contributed by atoms with Gasteiger partial charge in [0.1, 0.15) is 6.07 Å². The van der Waals surface area contributed by atoms with Gasteiger partial charge in [-0.1, -0.05) is 29.8 Å². The van der Waals surface area contributed by atoms with Crippen LogP contribution in [-0.2, 0) is 6.18 Å². The molecule has 2 aromatic carbocycles. The normalized spacial score (nSPS) is 11.1. The van der Waals surface area contributed by atoms with Crippen molar-refractivity contribution in [3.8, 4) is 17.2 Å². The Morgan fingerprint density at radius 3 is 2.05 bits per heavy atom. The summed E-state index contributed by atoms with van der Waals surface area (Å²) in [6.07, 6.45) is -4.35. The summed E-state index contributed by atoms with van der Waals surface area (Å²) in [7, 11) is 0. The van der Waals surface area contributed by atoms with Gasteiger partial charge in [-0.25, -0.2) is 0 Å². The van der Waals surface area contributed by atoms with E-state index in [-0.39, 0.29) is 0 Å². The van der Waals surface area contributed by atoms with E-state index in [1.165, 1.54) is 12.1 Å². The maximum absolute atomic E-state index is 12.4. The predicted octanol–water partition coefficient (Wildman–Crippen LogP) is 4.90. The molecule has 0 aromatic heterocycles. The molecule has 0 amide bonds. The van der Waals surface area contributed by atoms with E-state index in [0.717, 1.165) is 12.1 Å². The maximum atomic E-state index is 12.4. The van der Waals surface area contributed by atoms with Crippen molar-refractivity contribution in [1.82, 2.24) is 0 Å². The Labute approximate surface area is 112 Å². The lowest BCUT2D eigenvalue weighted by Crippen LogP contribution is -2.03. The van der Waals surface area contributed by atoms with Crippen LogP contribution in [0.25, 0.3) is 11.1 Å². The molecule has 0 bridgehead atoms. The van der Waals surface area contributed by atoms with Crippen LogP contribution in [0.1, 0.15) is 11.1 Å².